The Morgan fingerprint density at radius 2 is 1.50 bits per heavy atom. The zero-order chi connectivity index (χ0) is 13.6. The van der Waals surface area contributed by atoms with Gasteiger partial charge in [-0.25, -0.2) is 0 Å². The molecule has 0 saturated carbocycles. The molecule has 102 valence electrons. The Bertz CT molecular complexity index is 335. The molecular weight excluding hydrogens is 220 g/mol. The van der Waals surface area contributed by atoms with Crippen LogP contribution in [0.2, 0.25) is 0 Å². The number of hydrogen-bond acceptors (Lipinski definition) is 2. The molecule has 0 aromatic heterocycles. The summed E-state index contributed by atoms with van der Waals surface area (Å²) in [5, 5.41) is 0. The van der Waals surface area contributed by atoms with Gasteiger partial charge in [-0.15, -0.1) is 0 Å². The highest BCUT2D eigenvalue weighted by Gasteiger charge is 2.23. The maximum Gasteiger partial charge on any atom is 0.0314 e. The Morgan fingerprint density at radius 1 is 1.00 bits per heavy atom. The van der Waals surface area contributed by atoms with Gasteiger partial charge in [0.25, 0.3) is 0 Å². The summed E-state index contributed by atoms with van der Waals surface area (Å²) in [6.45, 7) is 12.6. The molecule has 0 fully saturated rings. The molecule has 18 heavy (non-hydrogen) atoms. The molecule has 0 aliphatic rings. The zero-order valence-corrected chi connectivity index (χ0v) is 12.4. The number of anilines is 1. The Morgan fingerprint density at radius 3 is 1.94 bits per heavy atom. The largest absolute Gasteiger partial charge is 0.399 e. The Hall–Kier alpha value is -1.02. The van der Waals surface area contributed by atoms with Crippen LogP contribution >= 0.6 is 0 Å². The predicted molar refractivity (Wildman–Crippen MR) is 80.9 cm³/mol. The van der Waals surface area contributed by atoms with E-state index in [0.717, 1.165) is 12.2 Å². The highest BCUT2D eigenvalue weighted by Crippen LogP contribution is 2.25. The molecule has 0 radical (unpaired) electrons. The molecule has 1 aromatic rings. The van der Waals surface area contributed by atoms with E-state index in [9.17, 15) is 0 Å². The molecule has 0 aliphatic heterocycles. The minimum absolute atomic E-state index is 0.179. The molecule has 0 amide bonds. The van der Waals surface area contributed by atoms with E-state index >= 15 is 0 Å². The van der Waals surface area contributed by atoms with E-state index < -0.39 is 0 Å². The van der Waals surface area contributed by atoms with Gasteiger partial charge in [-0.2, -0.15) is 0 Å². The molecule has 0 aliphatic carbocycles. The lowest BCUT2D eigenvalue weighted by molar-refractivity contribution is 0.224. The summed E-state index contributed by atoms with van der Waals surface area (Å²) in [6, 6.07) is 8.32. The van der Waals surface area contributed by atoms with Gasteiger partial charge >= 0.3 is 0 Å². The third-order valence-corrected chi connectivity index (χ3v) is 3.39. The SMILES string of the molecule is CCCN(CCC)CC(C)(C)c1ccc(N)cc1. The number of benzene rings is 1. The van der Waals surface area contributed by atoms with Gasteiger partial charge in [0.15, 0.2) is 0 Å². The average molecular weight is 248 g/mol. The third kappa shape index (κ3) is 4.34. The van der Waals surface area contributed by atoms with Crippen molar-refractivity contribution < 1.29 is 0 Å². The summed E-state index contributed by atoms with van der Waals surface area (Å²) in [7, 11) is 0. The minimum Gasteiger partial charge on any atom is -0.399 e. The molecule has 0 unspecified atom stereocenters. The molecular formula is C16H28N2. The second kappa shape index (κ2) is 6.79. The number of hydrogen-bond donors (Lipinski definition) is 1. The average Bonchev–Trinajstić information content (AvgIpc) is 2.29. The lowest BCUT2D eigenvalue weighted by atomic mass is 9.84. The Labute approximate surface area is 112 Å². The van der Waals surface area contributed by atoms with Gasteiger partial charge in [0, 0.05) is 17.6 Å². The molecule has 2 heteroatoms. The van der Waals surface area contributed by atoms with Crippen LogP contribution in [0.25, 0.3) is 0 Å². The van der Waals surface area contributed by atoms with Crippen molar-refractivity contribution in [3.05, 3.63) is 29.8 Å². The van der Waals surface area contributed by atoms with Crippen molar-refractivity contribution in [3.63, 3.8) is 0 Å². The van der Waals surface area contributed by atoms with Crippen LogP contribution in [0.15, 0.2) is 24.3 Å². The highest BCUT2D eigenvalue weighted by molar-refractivity contribution is 5.41. The molecule has 0 heterocycles. The first kappa shape index (κ1) is 15.0. The third-order valence-electron chi connectivity index (χ3n) is 3.39. The van der Waals surface area contributed by atoms with Gasteiger partial charge in [0.2, 0.25) is 0 Å². The first-order chi connectivity index (χ1) is 8.49. The number of nitrogens with two attached hydrogens (primary N) is 1. The van der Waals surface area contributed by atoms with E-state index in [1.165, 1.54) is 31.5 Å². The number of nitrogen functional groups attached to an aromatic ring is 1. The van der Waals surface area contributed by atoms with Gasteiger partial charge in [-0.1, -0.05) is 39.8 Å². The van der Waals surface area contributed by atoms with Crippen LogP contribution in [0.5, 0.6) is 0 Å². The van der Waals surface area contributed by atoms with Crippen LogP contribution < -0.4 is 5.73 Å². The standard InChI is InChI=1S/C16H28N2/c1-5-11-18(12-6-2)13-16(3,4)14-7-9-15(17)10-8-14/h7-10H,5-6,11-13,17H2,1-4H3. The van der Waals surface area contributed by atoms with Crippen molar-refractivity contribution in [1.29, 1.82) is 0 Å². The van der Waals surface area contributed by atoms with Gasteiger partial charge in [-0.3, -0.25) is 0 Å². The van der Waals surface area contributed by atoms with Crippen LogP contribution in [-0.4, -0.2) is 24.5 Å². The summed E-state index contributed by atoms with van der Waals surface area (Å²) >= 11 is 0. The van der Waals surface area contributed by atoms with E-state index in [1.54, 1.807) is 0 Å². The maximum atomic E-state index is 5.76. The van der Waals surface area contributed by atoms with E-state index in [0.29, 0.717) is 0 Å². The van der Waals surface area contributed by atoms with Crippen molar-refractivity contribution in [3.8, 4) is 0 Å². The quantitative estimate of drug-likeness (QED) is 0.746. The summed E-state index contributed by atoms with van der Waals surface area (Å²) in [5.74, 6) is 0. The molecule has 2 N–H and O–H groups in total. The molecule has 0 atom stereocenters. The summed E-state index contributed by atoms with van der Waals surface area (Å²) in [5.41, 5.74) is 8.15. The lowest BCUT2D eigenvalue weighted by Crippen LogP contribution is -2.38. The fourth-order valence-corrected chi connectivity index (χ4v) is 2.49. The smallest absolute Gasteiger partial charge is 0.0314 e. The lowest BCUT2D eigenvalue weighted by Gasteiger charge is -2.33. The summed E-state index contributed by atoms with van der Waals surface area (Å²) in [6.07, 6.45) is 2.44. The Balaban J connectivity index is 2.75. The summed E-state index contributed by atoms with van der Waals surface area (Å²) < 4.78 is 0. The first-order valence-electron chi connectivity index (χ1n) is 7.08. The van der Waals surface area contributed by atoms with E-state index in [2.05, 4.69) is 44.7 Å². The second-order valence-electron chi connectivity index (χ2n) is 5.78. The Kier molecular flexibility index (Phi) is 5.67. The fraction of sp³-hybridized carbons (Fsp3) is 0.625. The molecule has 0 spiro atoms. The van der Waals surface area contributed by atoms with E-state index in [4.69, 9.17) is 5.73 Å². The summed E-state index contributed by atoms with van der Waals surface area (Å²) in [4.78, 5) is 2.57. The predicted octanol–water partition coefficient (Wildman–Crippen LogP) is 3.67. The van der Waals surface area contributed by atoms with Crippen LogP contribution in [0.1, 0.15) is 46.1 Å². The number of rotatable bonds is 7. The molecule has 1 rings (SSSR count). The minimum atomic E-state index is 0.179. The topological polar surface area (TPSA) is 29.3 Å². The molecule has 0 bridgehead atoms. The van der Waals surface area contributed by atoms with Gasteiger partial charge in [-0.05, 0) is 43.6 Å². The first-order valence-corrected chi connectivity index (χ1v) is 7.08. The van der Waals surface area contributed by atoms with Gasteiger partial charge in [0.05, 0.1) is 0 Å². The van der Waals surface area contributed by atoms with Crippen molar-refractivity contribution in [1.82, 2.24) is 4.90 Å². The second-order valence-corrected chi connectivity index (χ2v) is 5.78. The zero-order valence-electron chi connectivity index (χ0n) is 12.4. The molecule has 0 saturated heterocycles. The van der Waals surface area contributed by atoms with Crippen LogP contribution in [0.4, 0.5) is 5.69 Å². The van der Waals surface area contributed by atoms with Crippen LogP contribution in [0, 0.1) is 0 Å². The normalized spacial score (nSPS) is 12.1. The van der Waals surface area contributed by atoms with Crippen LogP contribution in [0.3, 0.4) is 0 Å². The van der Waals surface area contributed by atoms with Crippen molar-refractivity contribution in [2.45, 2.75) is 46.0 Å². The van der Waals surface area contributed by atoms with Gasteiger partial charge in [0.1, 0.15) is 0 Å². The molecule has 1 aromatic carbocycles. The number of nitrogens with zero attached hydrogens (tertiary/aromatic N) is 1. The molecule has 2 nitrogen and oxygen atoms in total. The van der Waals surface area contributed by atoms with Crippen molar-refractivity contribution in [2.24, 2.45) is 0 Å². The van der Waals surface area contributed by atoms with Crippen molar-refractivity contribution in [2.75, 3.05) is 25.4 Å². The maximum absolute atomic E-state index is 5.76. The van der Waals surface area contributed by atoms with Gasteiger partial charge < -0.3 is 10.6 Å². The fourth-order valence-electron chi connectivity index (χ4n) is 2.49. The van der Waals surface area contributed by atoms with E-state index in [1.807, 2.05) is 12.1 Å². The van der Waals surface area contributed by atoms with Crippen LogP contribution in [-0.2, 0) is 5.41 Å². The highest BCUT2D eigenvalue weighted by atomic mass is 15.1. The van der Waals surface area contributed by atoms with Crippen molar-refractivity contribution >= 4 is 5.69 Å². The monoisotopic (exact) mass is 248 g/mol. The van der Waals surface area contributed by atoms with E-state index in [-0.39, 0.29) is 5.41 Å².